The maximum atomic E-state index is 11.0. The minimum atomic E-state index is -0.778. The van der Waals surface area contributed by atoms with Crippen LogP contribution in [0.1, 0.15) is 0 Å². The van der Waals surface area contributed by atoms with E-state index in [9.17, 15) is 4.79 Å². The summed E-state index contributed by atoms with van der Waals surface area (Å²) >= 11 is 1.47. The number of imidazole rings is 1. The van der Waals surface area contributed by atoms with Crippen LogP contribution in [0.4, 0.5) is 5.82 Å². The van der Waals surface area contributed by atoms with Gasteiger partial charge in [0.15, 0.2) is 11.5 Å². The number of nitrogens with one attached hydrogen (secondary N) is 1. The molecule has 0 aliphatic carbocycles. The van der Waals surface area contributed by atoms with Crippen molar-refractivity contribution in [2.24, 2.45) is 0 Å². The number of carbonyl (C=O) groups is 1. The molecule has 0 aromatic carbocycles. The van der Waals surface area contributed by atoms with E-state index in [-0.39, 0.29) is 0 Å². The molecule has 8 heteroatoms. The first-order chi connectivity index (χ1) is 8.75. The zero-order chi connectivity index (χ0) is 12.5. The fraction of sp³-hybridized carbons (Fsp3) is 0.400. The average molecular weight is 265 g/mol. The Kier molecular flexibility index (Phi) is 2.78. The van der Waals surface area contributed by atoms with Crippen molar-refractivity contribution < 1.29 is 9.90 Å². The van der Waals surface area contributed by atoms with Gasteiger partial charge in [-0.2, -0.15) is 0 Å². The number of aromatic amines is 1. The molecule has 1 aliphatic rings. The van der Waals surface area contributed by atoms with E-state index in [0.717, 1.165) is 23.6 Å². The summed E-state index contributed by atoms with van der Waals surface area (Å²) in [5, 5.41) is 8.67. The number of carboxylic acid groups (broad SMARTS) is 1. The Hall–Kier alpha value is -1.83. The number of thioether (sulfide) groups is 1. The lowest BCUT2D eigenvalue weighted by Gasteiger charge is -2.31. The van der Waals surface area contributed by atoms with E-state index < -0.39 is 11.2 Å². The second kappa shape index (κ2) is 4.45. The third kappa shape index (κ3) is 1.88. The van der Waals surface area contributed by atoms with Crippen LogP contribution in [0.5, 0.6) is 0 Å². The third-order valence-electron chi connectivity index (χ3n) is 2.84. The Bertz CT molecular complexity index is 586. The molecule has 2 aromatic heterocycles. The number of fused-ring (bicyclic) bond motifs is 1. The minimum absolute atomic E-state index is 0.410. The summed E-state index contributed by atoms with van der Waals surface area (Å²) in [6, 6.07) is 0. The van der Waals surface area contributed by atoms with Crippen LogP contribution in [0.25, 0.3) is 11.2 Å². The fourth-order valence-corrected chi connectivity index (χ4v) is 3.02. The number of carboxylic acids is 1. The van der Waals surface area contributed by atoms with Crippen molar-refractivity contribution in [1.29, 1.82) is 0 Å². The van der Waals surface area contributed by atoms with Crippen molar-refractivity contribution in [2.45, 2.75) is 5.25 Å². The molecular formula is C10H11N5O2S. The minimum Gasteiger partial charge on any atom is -0.480 e. The number of anilines is 1. The number of hydrogen-bond acceptors (Lipinski definition) is 6. The molecule has 0 saturated carbocycles. The number of nitrogens with zero attached hydrogens (tertiary/aromatic N) is 4. The smallest absolute Gasteiger partial charge is 0.318 e. The van der Waals surface area contributed by atoms with E-state index in [1.165, 1.54) is 18.1 Å². The SMILES string of the molecule is O=C(O)C1CN(c2ncnc3nc[nH]c23)CCS1. The molecule has 0 spiro atoms. The molecule has 94 valence electrons. The summed E-state index contributed by atoms with van der Waals surface area (Å²) in [6.07, 6.45) is 3.02. The largest absolute Gasteiger partial charge is 0.480 e. The van der Waals surface area contributed by atoms with E-state index in [0.29, 0.717) is 12.2 Å². The van der Waals surface area contributed by atoms with Gasteiger partial charge in [-0.25, -0.2) is 15.0 Å². The van der Waals surface area contributed by atoms with Crippen LogP contribution in [0.3, 0.4) is 0 Å². The predicted octanol–water partition coefficient (Wildman–Crippen LogP) is 0.359. The van der Waals surface area contributed by atoms with Gasteiger partial charge in [0.25, 0.3) is 0 Å². The molecule has 0 amide bonds. The standard InChI is InChI=1S/C10H11N5O2S/c16-10(17)6-3-15(1-2-18-6)9-7-8(12-4-11-7)13-5-14-9/h4-6H,1-3H2,(H,16,17)(H,11,12,13,14). The van der Waals surface area contributed by atoms with Crippen molar-refractivity contribution in [3.63, 3.8) is 0 Å². The van der Waals surface area contributed by atoms with Crippen LogP contribution in [-0.4, -0.2) is 55.1 Å². The second-order valence-electron chi connectivity index (χ2n) is 3.94. The Labute approximate surface area is 107 Å². The Morgan fingerprint density at radius 3 is 3.22 bits per heavy atom. The normalized spacial score (nSPS) is 20.2. The van der Waals surface area contributed by atoms with E-state index in [1.54, 1.807) is 6.33 Å². The molecule has 2 N–H and O–H groups in total. The lowest BCUT2D eigenvalue weighted by Crippen LogP contribution is -2.41. The van der Waals surface area contributed by atoms with Gasteiger partial charge >= 0.3 is 5.97 Å². The molecule has 0 radical (unpaired) electrons. The Morgan fingerprint density at radius 1 is 1.50 bits per heavy atom. The van der Waals surface area contributed by atoms with Crippen LogP contribution in [0.2, 0.25) is 0 Å². The Balaban J connectivity index is 1.94. The summed E-state index contributed by atoms with van der Waals surface area (Å²) < 4.78 is 0. The molecule has 1 fully saturated rings. The van der Waals surface area contributed by atoms with Gasteiger partial charge < -0.3 is 15.0 Å². The van der Waals surface area contributed by atoms with Crippen LogP contribution in [0, 0.1) is 0 Å². The van der Waals surface area contributed by atoms with Crippen LogP contribution in [-0.2, 0) is 4.79 Å². The van der Waals surface area contributed by atoms with Gasteiger partial charge in [-0.3, -0.25) is 4.79 Å². The number of aliphatic carboxylic acids is 1. The molecular weight excluding hydrogens is 254 g/mol. The van der Waals surface area contributed by atoms with E-state index >= 15 is 0 Å². The summed E-state index contributed by atoms with van der Waals surface area (Å²) in [5.41, 5.74) is 1.36. The first kappa shape index (κ1) is 11.3. The molecule has 3 heterocycles. The van der Waals surface area contributed by atoms with E-state index in [1.807, 2.05) is 4.90 Å². The van der Waals surface area contributed by atoms with Crippen LogP contribution < -0.4 is 4.90 Å². The van der Waals surface area contributed by atoms with Crippen molar-refractivity contribution >= 4 is 34.7 Å². The quantitative estimate of drug-likeness (QED) is 0.809. The number of aromatic nitrogens is 4. The summed E-state index contributed by atoms with van der Waals surface area (Å²) in [7, 11) is 0. The fourth-order valence-electron chi connectivity index (χ4n) is 1.98. The maximum Gasteiger partial charge on any atom is 0.318 e. The van der Waals surface area contributed by atoms with Crippen molar-refractivity contribution in [2.75, 3.05) is 23.7 Å². The molecule has 1 saturated heterocycles. The molecule has 0 bridgehead atoms. The molecule has 3 rings (SSSR count). The molecule has 7 nitrogen and oxygen atoms in total. The van der Waals surface area contributed by atoms with Crippen molar-refractivity contribution in [3.05, 3.63) is 12.7 Å². The van der Waals surface area contributed by atoms with E-state index in [2.05, 4.69) is 19.9 Å². The molecule has 18 heavy (non-hydrogen) atoms. The lowest BCUT2D eigenvalue weighted by atomic mass is 10.3. The molecule has 1 atom stereocenters. The van der Waals surface area contributed by atoms with Gasteiger partial charge in [-0.1, -0.05) is 0 Å². The third-order valence-corrected chi connectivity index (χ3v) is 4.02. The maximum absolute atomic E-state index is 11.0. The number of hydrogen-bond donors (Lipinski definition) is 2. The number of H-pyrrole nitrogens is 1. The average Bonchev–Trinajstić information content (AvgIpc) is 2.87. The molecule has 2 aromatic rings. The van der Waals surface area contributed by atoms with Crippen molar-refractivity contribution in [3.8, 4) is 0 Å². The first-order valence-electron chi connectivity index (χ1n) is 5.49. The molecule has 1 unspecified atom stereocenters. The van der Waals surface area contributed by atoms with Gasteiger partial charge in [0.1, 0.15) is 17.1 Å². The van der Waals surface area contributed by atoms with Gasteiger partial charge in [0.2, 0.25) is 0 Å². The monoisotopic (exact) mass is 265 g/mol. The highest BCUT2D eigenvalue weighted by Crippen LogP contribution is 2.26. The van der Waals surface area contributed by atoms with Gasteiger partial charge in [-0.05, 0) is 0 Å². The van der Waals surface area contributed by atoms with Crippen molar-refractivity contribution in [1.82, 2.24) is 19.9 Å². The summed E-state index contributed by atoms with van der Waals surface area (Å²) in [6.45, 7) is 1.23. The molecule has 1 aliphatic heterocycles. The number of rotatable bonds is 2. The van der Waals surface area contributed by atoms with Gasteiger partial charge in [0.05, 0.1) is 6.33 Å². The topological polar surface area (TPSA) is 95.0 Å². The predicted molar refractivity (Wildman–Crippen MR) is 67.8 cm³/mol. The van der Waals surface area contributed by atoms with Gasteiger partial charge in [-0.15, -0.1) is 11.8 Å². The highest BCUT2D eigenvalue weighted by Gasteiger charge is 2.27. The highest BCUT2D eigenvalue weighted by molar-refractivity contribution is 8.00. The Morgan fingerprint density at radius 2 is 2.39 bits per heavy atom. The zero-order valence-corrected chi connectivity index (χ0v) is 10.2. The van der Waals surface area contributed by atoms with E-state index in [4.69, 9.17) is 5.11 Å². The summed E-state index contributed by atoms with van der Waals surface area (Å²) in [5.74, 6) is 0.722. The zero-order valence-electron chi connectivity index (χ0n) is 9.41. The second-order valence-corrected chi connectivity index (χ2v) is 5.25. The summed E-state index contributed by atoms with van der Waals surface area (Å²) in [4.78, 5) is 28.4. The highest BCUT2D eigenvalue weighted by atomic mass is 32.2. The first-order valence-corrected chi connectivity index (χ1v) is 6.54. The lowest BCUT2D eigenvalue weighted by molar-refractivity contribution is -0.136. The van der Waals surface area contributed by atoms with Crippen LogP contribution in [0.15, 0.2) is 12.7 Å². The van der Waals surface area contributed by atoms with Gasteiger partial charge in [0, 0.05) is 18.8 Å². The van der Waals surface area contributed by atoms with Crippen LogP contribution >= 0.6 is 11.8 Å².